The van der Waals surface area contributed by atoms with E-state index in [1.165, 1.54) is 32.1 Å². The maximum atomic E-state index is 6.17. The van der Waals surface area contributed by atoms with Crippen LogP contribution in [0.15, 0.2) is 24.3 Å². The average molecular weight is 290 g/mol. The predicted molar refractivity (Wildman–Crippen MR) is 84.4 cm³/mol. The van der Waals surface area contributed by atoms with Crippen molar-refractivity contribution in [3.63, 3.8) is 0 Å². The van der Waals surface area contributed by atoms with Crippen molar-refractivity contribution in [2.75, 3.05) is 11.4 Å². The molecule has 0 spiro atoms. The third-order valence-electron chi connectivity index (χ3n) is 4.14. The molecule has 1 saturated heterocycles. The molecule has 0 aliphatic carbocycles. The van der Waals surface area contributed by atoms with Crippen molar-refractivity contribution < 1.29 is 0 Å². The highest BCUT2D eigenvalue weighted by Gasteiger charge is 2.25. The number of halogens is 1. The maximum absolute atomic E-state index is 6.17. The van der Waals surface area contributed by atoms with E-state index >= 15 is 0 Å². The minimum atomic E-state index is 0.494. The van der Waals surface area contributed by atoms with Crippen LogP contribution in [0.2, 0.25) is 5.15 Å². The highest BCUT2D eigenvalue weighted by atomic mass is 35.5. The SMILES string of the molecule is CCCC1CCCCN1c1nnc(Cl)c2ccccc12. The molecule has 0 amide bonds. The summed E-state index contributed by atoms with van der Waals surface area (Å²) in [6.07, 6.45) is 6.24. The molecule has 20 heavy (non-hydrogen) atoms. The molecule has 0 bridgehead atoms. The Morgan fingerprint density at radius 2 is 2.00 bits per heavy atom. The molecule has 3 rings (SSSR count). The van der Waals surface area contributed by atoms with Crippen LogP contribution in [0.4, 0.5) is 5.82 Å². The summed E-state index contributed by atoms with van der Waals surface area (Å²) in [4.78, 5) is 2.44. The highest BCUT2D eigenvalue weighted by Crippen LogP contribution is 2.32. The van der Waals surface area contributed by atoms with Gasteiger partial charge in [-0.2, -0.15) is 0 Å². The van der Waals surface area contributed by atoms with Gasteiger partial charge in [0.1, 0.15) is 0 Å². The lowest BCUT2D eigenvalue weighted by atomic mass is 9.97. The van der Waals surface area contributed by atoms with Crippen LogP contribution in [0, 0.1) is 0 Å². The van der Waals surface area contributed by atoms with E-state index in [1.54, 1.807) is 0 Å². The first kappa shape index (κ1) is 13.6. The molecule has 0 radical (unpaired) electrons. The van der Waals surface area contributed by atoms with Gasteiger partial charge in [-0.15, -0.1) is 10.2 Å². The summed E-state index contributed by atoms with van der Waals surface area (Å²) < 4.78 is 0. The van der Waals surface area contributed by atoms with Gasteiger partial charge in [0, 0.05) is 23.4 Å². The number of aromatic nitrogens is 2. The topological polar surface area (TPSA) is 29.0 Å². The van der Waals surface area contributed by atoms with Crippen molar-refractivity contribution in [2.24, 2.45) is 0 Å². The summed E-state index contributed by atoms with van der Waals surface area (Å²) in [5, 5.41) is 11.2. The Bertz CT molecular complexity index is 597. The van der Waals surface area contributed by atoms with E-state index in [2.05, 4.69) is 28.1 Å². The van der Waals surface area contributed by atoms with Gasteiger partial charge in [-0.3, -0.25) is 0 Å². The van der Waals surface area contributed by atoms with Crippen LogP contribution < -0.4 is 4.90 Å². The standard InChI is InChI=1S/C16H20ClN3/c1-2-7-12-8-5-6-11-20(12)16-14-10-4-3-9-13(14)15(17)18-19-16/h3-4,9-10,12H,2,5-8,11H2,1H3. The smallest absolute Gasteiger partial charge is 0.159 e. The Balaban J connectivity index is 2.06. The van der Waals surface area contributed by atoms with Gasteiger partial charge < -0.3 is 4.90 Å². The minimum absolute atomic E-state index is 0.494. The molecule has 1 aliphatic heterocycles. The molecule has 1 aromatic carbocycles. The van der Waals surface area contributed by atoms with E-state index in [1.807, 2.05) is 18.2 Å². The van der Waals surface area contributed by atoms with E-state index in [0.29, 0.717) is 11.2 Å². The van der Waals surface area contributed by atoms with Gasteiger partial charge in [-0.1, -0.05) is 49.2 Å². The minimum Gasteiger partial charge on any atom is -0.352 e. The molecule has 0 saturated carbocycles. The summed E-state index contributed by atoms with van der Waals surface area (Å²) in [7, 11) is 0. The summed E-state index contributed by atoms with van der Waals surface area (Å²) in [5.74, 6) is 1.00. The van der Waals surface area contributed by atoms with E-state index < -0.39 is 0 Å². The molecule has 3 nitrogen and oxygen atoms in total. The second-order valence-electron chi connectivity index (χ2n) is 5.49. The Morgan fingerprint density at radius 1 is 1.20 bits per heavy atom. The van der Waals surface area contributed by atoms with Crippen LogP contribution >= 0.6 is 11.6 Å². The van der Waals surface area contributed by atoms with Crippen LogP contribution in [0.1, 0.15) is 39.0 Å². The van der Waals surface area contributed by atoms with Gasteiger partial charge in [0.2, 0.25) is 0 Å². The lowest BCUT2D eigenvalue weighted by Crippen LogP contribution is -2.40. The lowest BCUT2D eigenvalue weighted by molar-refractivity contribution is 0.432. The summed E-state index contributed by atoms with van der Waals surface area (Å²) in [6.45, 7) is 3.32. The zero-order valence-corrected chi connectivity index (χ0v) is 12.6. The van der Waals surface area contributed by atoms with Gasteiger partial charge in [0.25, 0.3) is 0 Å². The first-order chi connectivity index (χ1) is 9.81. The molecule has 1 fully saturated rings. The quantitative estimate of drug-likeness (QED) is 0.836. The lowest BCUT2D eigenvalue weighted by Gasteiger charge is -2.37. The number of hydrogen-bond donors (Lipinski definition) is 0. The number of fused-ring (bicyclic) bond motifs is 1. The van der Waals surface area contributed by atoms with Crippen molar-refractivity contribution in [1.82, 2.24) is 10.2 Å². The van der Waals surface area contributed by atoms with Gasteiger partial charge in [-0.25, -0.2) is 0 Å². The molecule has 1 atom stereocenters. The number of anilines is 1. The van der Waals surface area contributed by atoms with Crippen LogP contribution in [-0.2, 0) is 0 Å². The zero-order valence-electron chi connectivity index (χ0n) is 11.8. The average Bonchev–Trinajstić information content (AvgIpc) is 2.49. The Morgan fingerprint density at radius 3 is 2.80 bits per heavy atom. The van der Waals surface area contributed by atoms with Crippen LogP contribution in [0.3, 0.4) is 0 Å². The van der Waals surface area contributed by atoms with Gasteiger partial charge in [0.05, 0.1) is 0 Å². The third kappa shape index (κ3) is 2.47. The second kappa shape index (κ2) is 5.96. The fourth-order valence-corrected chi connectivity index (χ4v) is 3.38. The van der Waals surface area contributed by atoms with Crippen LogP contribution in [-0.4, -0.2) is 22.8 Å². The molecule has 1 aromatic heterocycles. The highest BCUT2D eigenvalue weighted by molar-refractivity contribution is 6.34. The number of nitrogens with zero attached hydrogens (tertiary/aromatic N) is 3. The van der Waals surface area contributed by atoms with Crippen molar-refractivity contribution in [1.29, 1.82) is 0 Å². The summed E-state index contributed by atoms with van der Waals surface area (Å²) in [6, 6.07) is 8.76. The van der Waals surface area contributed by atoms with E-state index in [9.17, 15) is 0 Å². The zero-order chi connectivity index (χ0) is 13.9. The molecule has 1 unspecified atom stereocenters. The van der Waals surface area contributed by atoms with E-state index in [4.69, 9.17) is 11.6 Å². The van der Waals surface area contributed by atoms with E-state index in [0.717, 1.165) is 23.1 Å². The normalized spacial score (nSPS) is 19.5. The maximum Gasteiger partial charge on any atom is 0.159 e. The number of piperidine rings is 1. The van der Waals surface area contributed by atoms with Crippen LogP contribution in [0.5, 0.6) is 0 Å². The molecular weight excluding hydrogens is 270 g/mol. The Hall–Kier alpha value is -1.35. The predicted octanol–water partition coefficient (Wildman–Crippen LogP) is 4.44. The molecule has 106 valence electrons. The first-order valence-corrected chi connectivity index (χ1v) is 7.86. The summed E-state index contributed by atoms with van der Waals surface area (Å²) >= 11 is 6.17. The van der Waals surface area contributed by atoms with Gasteiger partial charge in [0.15, 0.2) is 11.0 Å². The largest absolute Gasteiger partial charge is 0.352 e. The fraction of sp³-hybridized carbons (Fsp3) is 0.500. The Labute approximate surface area is 124 Å². The molecule has 4 heteroatoms. The fourth-order valence-electron chi connectivity index (χ4n) is 3.18. The third-order valence-corrected chi connectivity index (χ3v) is 4.42. The number of rotatable bonds is 3. The van der Waals surface area contributed by atoms with Crippen LogP contribution in [0.25, 0.3) is 10.8 Å². The van der Waals surface area contributed by atoms with Crippen molar-refractivity contribution in [3.8, 4) is 0 Å². The van der Waals surface area contributed by atoms with Gasteiger partial charge in [-0.05, 0) is 25.7 Å². The van der Waals surface area contributed by atoms with Crippen molar-refractivity contribution in [3.05, 3.63) is 29.4 Å². The molecule has 0 N–H and O–H groups in total. The molecule has 2 heterocycles. The van der Waals surface area contributed by atoms with Crippen molar-refractivity contribution in [2.45, 2.75) is 45.1 Å². The monoisotopic (exact) mass is 289 g/mol. The first-order valence-electron chi connectivity index (χ1n) is 7.49. The van der Waals surface area contributed by atoms with Crippen molar-refractivity contribution >= 4 is 28.2 Å². The van der Waals surface area contributed by atoms with E-state index in [-0.39, 0.29) is 0 Å². The molecule has 1 aliphatic rings. The summed E-state index contributed by atoms with van der Waals surface area (Å²) in [5.41, 5.74) is 0. The Kier molecular flexibility index (Phi) is 4.06. The van der Waals surface area contributed by atoms with Gasteiger partial charge >= 0.3 is 0 Å². The number of hydrogen-bond acceptors (Lipinski definition) is 3. The molecule has 2 aromatic rings. The second-order valence-corrected chi connectivity index (χ2v) is 5.85. The molecular formula is C16H20ClN3. The number of benzene rings is 1.